The van der Waals surface area contributed by atoms with Gasteiger partial charge in [-0.3, -0.25) is 0 Å². The third-order valence-corrected chi connectivity index (χ3v) is 6.92. The summed E-state index contributed by atoms with van der Waals surface area (Å²) in [6, 6.07) is 21.8. The topological polar surface area (TPSA) is 45.5 Å². The maximum absolute atomic E-state index is 8.90. The van der Waals surface area contributed by atoms with Crippen molar-refractivity contribution in [3.63, 3.8) is 0 Å². The van der Waals surface area contributed by atoms with E-state index in [9.17, 15) is 0 Å². The molecule has 0 aromatic heterocycles. The van der Waals surface area contributed by atoms with Crippen molar-refractivity contribution in [1.29, 1.82) is 5.26 Å². The molecule has 0 saturated carbocycles. The van der Waals surface area contributed by atoms with Crippen molar-refractivity contribution in [3.05, 3.63) is 60.2 Å². The fourth-order valence-corrected chi connectivity index (χ4v) is 5.28. The molecule has 1 atom stereocenters. The van der Waals surface area contributed by atoms with Crippen molar-refractivity contribution in [1.82, 2.24) is 4.67 Å². The van der Waals surface area contributed by atoms with Gasteiger partial charge < -0.3 is 9.05 Å². The van der Waals surface area contributed by atoms with Crippen molar-refractivity contribution >= 4 is 30.1 Å². The molecule has 0 bridgehead atoms. The highest BCUT2D eigenvalue weighted by atomic mass is 31.2. The Morgan fingerprint density at radius 3 is 1.97 bits per heavy atom. The molecular weight excluding hydrogens is 379 g/mol. The standard InChI is InChI=1S/C24H29N2O2P/c1-18(2)26(19(3)4)29(27-15-9-14-25)28-17-24-22-12-7-5-10-20(22)16-21-11-6-8-13-23(21)24/h5-8,10-13,16,18-19H,9,15,17H2,1-4H3. The molecule has 1 unspecified atom stereocenters. The van der Waals surface area contributed by atoms with Crippen LogP contribution in [0.3, 0.4) is 0 Å². The summed E-state index contributed by atoms with van der Waals surface area (Å²) in [6.45, 7) is 9.46. The molecule has 3 aromatic rings. The maximum atomic E-state index is 8.90. The van der Waals surface area contributed by atoms with Crippen LogP contribution in [0, 0.1) is 11.3 Å². The molecule has 0 aliphatic heterocycles. The van der Waals surface area contributed by atoms with E-state index in [1.807, 2.05) is 0 Å². The molecule has 5 heteroatoms. The lowest BCUT2D eigenvalue weighted by Crippen LogP contribution is -2.33. The van der Waals surface area contributed by atoms with Crippen molar-refractivity contribution in [2.45, 2.75) is 52.8 Å². The number of benzene rings is 3. The van der Waals surface area contributed by atoms with E-state index in [2.05, 4.69) is 93.0 Å². The van der Waals surface area contributed by atoms with Gasteiger partial charge >= 0.3 is 0 Å². The summed E-state index contributed by atoms with van der Waals surface area (Å²) < 4.78 is 14.8. The van der Waals surface area contributed by atoms with Gasteiger partial charge in [0.25, 0.3) is 8.53 Å². The number of fused-ring (bicyclic) bond motifs is 2. The van der Waals surface area contributed by atoms with Crippen molar-refractivity contribution < 1.29 is 9.05 Å². The second-order valence-corrected chi connectivity index (χ2v) is 9.07. The van der Waals surface area contributed by atoms with E-state index in [4.69, 9.17) is 14.3 Å². The number of rotatable bonds is 9. The Hall–Kier alpha value is -2.02. The molecule has 0 aliphatic rings. The van der Waals surface area contributed by atoms with Gasteiger partial charge in [-0.1, -0.05) is 48.5 Å². The Morgan fingerprint density at radius 1 is 0.897 bits per heavy atom. The van der Waals surface area contributed by atoms with Gasteiger partial charge in [-0.05, 0) is 60.9 Å². The molecular formula is C24H29N2O2P. The average molecular weight is 408 g/mol. The summed E-state index contributed by atoms with van der Waals surface area (Å²) in [6.07, 6.45) is 0.365. The van der Waals surface area contributed by atoms with Gasteiger partial charge in [0, 0.05) is 12.1 Å². The van der Waals surface area contributed by atoms with E-state index in [1.54, 1.807) is 0 Å². The minimum Gasteiger partial charge on any atom is -0.321 e. The van der Waals surface area contributed by atoms with Crippen LogP contribution in [-0.2, 0) is 15.7 Å². The third-order valence-electron chi connectivity index (χ3n) is 4.86. The van der Waals surface area contributed by atoms with E-state index in [0.717, 1.165) is 0 Å². The normalized spacial score (nSPS) is 12.9. The van der Waals surface area contributed by atoms with Crippen molar-refractivity contribution in [2.75, 3.05) is 6.61 Å². The SMILES string of the molecule is CC(C)N(C(C)C)P(OCCC#N)OCc1c2ccccc2cc2ccccc12. The molecule has 152 valence electrons. The number of nitriles is 1. The molecule has 0 amide bonds. The minimum absolute atomic E-state index is 0.285. The summed E-state index contributed by atoms with van der Waals surface area (Å²) in [5.41, 5.74) is 1.18. The van der Waals surface area contributed by atoms with E-state index >= 15 is 0 Å². The predicted octanol–water partition coefficient (Wildman–Crippen LogP) is 6.79. The number of nitrogens with zero attached hydrogens (tertiary/aromatic N) is 2. The summed E-state index contributed by atoms with van der Waals surface area (Å²) in [5.74, 6) is 0. The van der Waals surface area contributed by atoms with Gasteiger partial charge in [0.15, 0.2) is 0 Å². The highest BCUT2D eigenvalue weighted by molar-refractivity contribution is 7.44. The first-order valence-electron chi connectivity index (χ1n) is 10.1. The van der Waals surface area contributed by atoms with Gasteiger partial charge in [-0.15, -0.1) is 0 Å². The molecule has 0 spiro atoms. The van der Waals surface area contributed by atoms with Crippen molar-refractivity contribution in [2.24, 2.45) is 0 Å². The molecule has 0 heterocycles. The van der Waals surface area contributed by atoms with Gasteiger partial charge in [0.05, 0.1) is 25.7 Å². The number of hydrogen-bond acceptors (Lipinski definition) is 4. The van der Waals surface area contributed by atoms with E-state index in [0.29, 0.717) is 19.6 Å². The monoisotopic (exact) mass is 408 g/mol. The second-order valence-electron chi connectivity index (χ2n) is 7.62. The summed E-state index contributed by atoms with van der Waals surface area (Å²) in [7, 11) is -1.27. The van der Waals surface area contributed by atoms with Gasteiger partial charge in [-0.25, -0.2) is 4.67 Å². The zero-order chi connectivity index (χ0) is 20.8. The number of hydrogen-bond donors (Lipinski definition) is 0. The van der Waals surface area contributed by atoms with E-state index < -0.39 is 8.53 Å². The lowest BCUT2D eigenvalue weighted by Gasteiger charge is -2.35. The fourth-order valence-electron chi connectivity index (χ4n) is 3.70. The maximum Gasteiger partial charge on any atom is 0.259 e. The zero-order valence-electron chi connectivity index (χ0n) is 17.6. The Kier molecular flexibility index (Phi) is 7.58. The Labute approximate surface area is 175 Å². The highest BCUT2D eigenvalue weighted by Gasteiger charge is 2.27. The molecule has 29 heavy (non-hydrogen) atoms. The highest BCUT2D eigenvalue weighted by Crippen LogP contribution is 2.47. The van der Waals surface area contributed by atoms with Crippen LogP contribution < -0.4 is 0 Å². The van der Waals surface area contributed by atoms with Crippen LogP contribution in [0.2, 0.25) is 0 Å². The smallest absolute Gasteiger partial charge is 0.259 e. The molecule has 4 nitrogen and oxygen atoms in total. The van der Waals surface area contributed by atoms with Crippen LogP contribution in [0.1, 0.15) is 39.7 Å². The molecule has 0 fully saturated rings. The largest absolute Gasteiger partial charge is 0.321 e. The van der Waals surface area contributed by atoms with Crippen LogP contribution >= 0.6 is 8.53 Å². The molecule has 0 saturated heterocycles. The van der Waals surface area contributed by atoms with Crippen LogP contribution in [0.5, 0.6) is 0 Å². The summed E-state index contributed by atoms with van der Waals surface area (Å²) >= 11 is 0. The van der Waals surface area contributed by atoms with Crippen LogP contribution in [-0.4, -0.2) is 23.4 Å². The lowest BCUT2D eigenvalue weighted by molar-refractivity contribution is 0.172. The quantitative estimate of drug-likeness (QED) is 0.222. The van der Waals surface area contributed by atoms with Crippen LogP contribution in [0.15, 0.2) is 54.6 Å². The minimum atomic E-state index is -1.27. The molecule has 0 aliphatic carbocycles. The first-order chi connectivity index (χ1) is 14.0. The van der Waals surface area contributed by atoms with Crippen LogP contribution in [0.4, 0.5) is 0 Å². The molecule has 3 rings (SSSR count). The molecule has 3 aromatic carbocycles. The third kappa shape index (κ3) is 5.13. The average Bonchev–Trinajstić information content (AvgIpc) is 2.70. The first-order valence-corrected chi connectivity index (χ1v) is 11.3. The van der Waals surface area contributed by atoms with Crippen molar-refractivity contribution in [3.8, 4) is 6.07 Å². The Balaban J connectivity index is 1.95. The van der Waals surface area contributed by atoms with E-state index in [-0.39, 0.29) is 12.1 Å². The fraction of sp³-hybridized carbons (Fsp3) is 0.375. The molecule has 0 radical (unpaired) electrons. The summed E-state index contributed by atoms with van der Waals surface area (Å²) in [5, 5.41) is 13.7. The van der Waals surface area contributed by atoms with Crippen LogP contribution in [0.25, 0.3) is 21.5 Å². The Morgan fingerprint density at radius 2 is 1.45 bits per heavy atom. The second kappa shape index (κ2) is 10.1. The Bertz CT molecular complexity index is 935. The predicted molar refractivity (Wildman–Crippen MR) is 121 cm³/mol. The summed E-state index contributed by atoms with van der Waals surface area (Å²) in [4.78, 5) is 0. The van der Waals surface area contributed by atoms with Gasteiger partial charge in [-0.2, -0.15) is 5.26 Å². The van der Waals surface area contributed by atoms with Gasteiger partial charge in [0.1, 0.15) is 0 Å². The zero-order valence-corrected chi connectivity index (χ0v) is 18.5. The lowest BCUT2D eigenvalue weighted by atomic mass is 9.97. The first kappa shape index (κ1) is 21.7. The van der Waals surface area contributed by atoms with Gasteiger partial charge in [0.2, 0.25) is 0 Å². The molecule has 0 N–H and O–H groups in total. The van der Waals surface area contributed by atoms with E-state index in [1.165, 1.54) is 27.1 Å².